The first-order valence-corrected chi connectivity index (χ1v) is 9.34. The molecule has 4 rings (SSSR count). The van der Waals surface area contributed by atoms with Crippen LogP contribution in [0.3, 0.4) is 0 Å². The second-order valence-electron chi connectivity index (χ2n) is 7.15. The third-order valence-corrected chi connectivity index (χ3v) is 5.31. The van der Waals surface area contributed by atoms with E-state index in [0.29, 0.717) is 19.5 Å². The summed E-state index contributed by atoms with van der Waals surface area (Å²) in [6.07, 6.45) is -3.74. The number of benzene rings is 2. The van der Waals surface area contributed by atoms with Crippen molar-refractivity contribution in [3.63, 3.8) is 0 Å². The van der Waals surface area contributed by atoms with Crippen LogP contribution in [0.5, 0.6) is 5.75 Å². The predicted octanol–water partition coefficient (Wildman–Crippen LogP) is 3.52. The Morgan fingerprint density at radius 3 is 2.55 bits per heavy atom. The number of alkyl halides is 3. The molecule has 29 heavy (non-hydrogen) atoms. The standard InChI is InChI=1S/C21H19F3N2O3/c22-21(23,24)29-17-7-3-6-16(12-17)26-11-9-18(20(26)28)19(27)25-10-8-14-4-1-2-5-15(14)13-25/h1-7,12,18H,8-11,13H2/t18-/m0/s1. The third kappa shape index (κ3) is 4.06. The predicted molar refractivity (Wildman–Crippen MR) is 99.1 cm³/mol. The molecule has 0 aromatic heterocycles. The topological polar surface area (TPSA) is 49.9 Å². The molecule has 1 saturated heterocycles. The average molecular weight is 404 g/mol. The van der Waals surface area contributed by atoms with Gasteiger partial charge in [-0.2, -0.15) is 0 Å². The van der Waals surface area contributed by atoms with E-state index in [9.17, 15) is 22.8 Å². The van der Waals surface area contributed by atoms with Gasteiger partial charge in [-0.1, -0.05) is 30.3 Å². The molecule has 152 valence electrons. The van der Waals surface area contributed by atoms with Gasteiger partial charge in [-0.25, -0.2) is 0 Å². The lowest BCUT2D eigenvalue weighted by molar-refractivity contribution is -0.274. The van der Waals surface area contributed by atoms with Gasteiger partial charge in [0.15, 0.2) is 0 Å². The quantitative estimate of drug-likeness (QED) is 0.736. The normalized spacial score (nSPS) is 19.3. The maximum absolute atomic E-state index is 13.0. The molecule has 1 fully saturated rings. The highest BCUT2D eigenvalue weighted by Gasteiger charge is 2.40. The van der Waals surface area contributed by atoms with Gasteiger partial charge >= 0.3 is 6.36 Å². The Labute approximate surface area is 165 Å². The Balaban J connectivity index is 1.47. The summed E-state index contributed by atoms with van der Waals surface area (Å²) in [6, 6.07) is 13.2. The number of hydrogen-bond donors (Lipinski definition) is 0. The van der Waals surface area contributed by atoms with Crippen LogP contribution in [0, 0.1) is 5.92 Å². The minimum atomic E-state index is -4.81. The van der Waals surface area contributed by atoms with Crippen molar-refractivity contribution in [2.45, 2.75) is 25.7 Å². The van der Waals surface area contributed by atoms with Crippen LogP contribution in [0.2, 0.25) is 0 Å². The maximum Gasteiger partial charge on any atom is 0.573 e. The lowest BCUT2D eigenvalue weighted by Gasteiger charge is -2.30. The van der Waals surface area contributed by atoms with Crippen molar-refractivity contribution in [3.8, 4) is 5.75 Å². The monoisotopic (exact) mass is 404 g/mol. The largest absolute Gasteiger partial charge is 0.573 e. The molecule has 0 N–H and O–H groups in total. The summed E-state index contributed by atoms with van der Waals surface area (Å²) in [5.74, 6) is -1.83. The number of anilines is 1. The van der Waals surface area contributed by atoms with Crippen molar-refractivity contribution in [3.05, 3.63) is 59.7 Å². The molecule has 0 spiro atoms. The summed E-state index contributed by atoms with van der Waals surface area (Å²) in [4.78, 5) is 28.8. The molecule has 1 atom stereocenters. The minimum absolute atomic E-state index is 0.227. The van der Waals surface area contributed by atoms with Crippen LogP contribution in [0.1, 0.15) is 17.5 Å². The number of amides is 2. The second-order valence-corrected chi connectivity index (χ2v) is 7.15. The summed E-state index contributed by atoms with van der Waals surface area (Å²) in [6.45, 7) is 1.29. The molecular formula is C21H19F3N2O3. The van der Waals surface area contributed by atoms with Crippen LogP contribution in [-0.4, -0.2) is 36.2 Å². The van der Waals surface area contributed by atoms with Crippen molar-refractivity contribution in [1.29, 1.82) is 0 Å². The van der Waals surface area contributed by atoms with E-state index in [2.05, 4.69) is 4.74 Å². The summed E-state index contributed by atoms with van der Waals surface area (Å²) in [7, 11) is 0. The van der Waals surface area contributed by atoms with Crippen molar-refractivity contribution >= 4 is 17.5 Å². The van der Waals surface area contributed by atoms with E-state index in [0.717, 1.165) is 18.1 Å². The van der Waals surface area contributed by atoms with Gasteiger partial charge in [-0.3, -0.25) is 9.59 Å². The van der Waals surface area contributed by atoms with Gasteiger partial charge in [0.2, 0.25) is 11.8 Å². The van der Waals surface area contributed by atoms with Gasteiger partial charge in [-0.05, 0) is 36.1 Å². The van der Waals surface area contributed by atoms with E-state index >= 15 is 0 Å². The van der Waals surface area contributed by atoms with E-state index in [1.807, 2.05) is 24.3 Å². The average Bonchev–Trinajstić information content (AvgIpc) is 3.07. The van der Waals surface area contributed by atoms with Crippen molar-refractivity contribution in [2.24, 2.45) is 5.92 Å². The summed E-state index contributed by atoms with van der Waals surface area (Å²) in [5, 5.41) is 0. The van der Waals surface area contributed by atoms with Crippen LogP contribution in [-0.2, 0) is 22.6 Å². The fraction of sp³-hybridized carbons (Fsp3) is 0.333. The third-order valence-electron chi connectivity index (χ3n) is 5.31. The molecule has 5 nitrogen and oxygen atoms in total. The Morgan fingerprint density at radius 2 is 1.79 bits per heavy atom. The molecule has 0 unspecified atom stereocenters. The van der Waals surface area contributed by atoms with Gasteiger partial charge in [0, 0.05) is 31.4 Å². The van der Waals surface area contributed by atoms with Gasteiger partial charge in [0.25, 0.3) is 0 Å². The molecule has 0 aliphatic carbocycles. The number of nitrogens with zero attached hydrogens (tertiary/aromatic N) is 2. The second kappa shape index (κ2) is 7.42. The van der Waals surface area contributed by atoms with Crippen LogP contribution >= 0.6 is 0 Å². The zero-order valence-electron chi connectivity index (χ0n) is 15.5. The van der Waals surface area contributed by atoms with Crippen LogP contribution in [0.15, 0.2) is 48.5 Å². The lowest BCUT2D eigenvalue weighted by Crippen LogP contribution is -2.42. The first-order valence-electron chi connectivity index (χ1n) is 9.34. The van der Waals surface area contributed by atoms with Crippen molar-refractivity contribution in [2.75, 3.05) is 18.0 Å². The molecule has 8 heteroatoms. The molecule has 2 aromatic carbocycles. The van der Waals surface area contributed by atoms with Crippen LogP contribution in [0.4, 0.5) is 18.9 Å². The highest BCUT2D eigenvalue weighted by atomic mass is 19.4. The summed E-state index contributed by atoms with van der Waals surface area (Å²) in [5.41, 5.74) is 2.57. The number of carbonyl (C=O) groups excluding carboxylic acids is 2. The van der Waals surface area contributed by atoms with E-state index in [-0.39, 0.29) is 18.1 Å². The molecule has 2 amide bonds. The van der Waals surface area contributed by atoms with Gasteiger partial charge < -0.3 is 14.5 Å². The molecule has 2 aliphatic heterocycles. The van der Waals surface area contributed by atoms with Crippen LogP contribution < -0.4 is 9.64 Å². The number of rotatable bonds is 3. The van der Waals surface area contributed by atoms with E-state index in [1.165, 1.54) is 28.7 Å². The Bertz CT molecular complexity index is 945. The van der Waals surface area contributed by atoms with Gasteiger partial charge in [0.05, 0.1) is 0 Å². The Kier molecular flexibility index (Phi) is 4.94. The summed E-state index contributed by atoms with van der Waals surface area (Å²) < 4.78 is 41.3. The number of halogens is 3. The SMILES string of the molecule is O=C([C@@H]1CCN(c2cccc(OC(F)(F)F)c2)C1=O)N1CCc2ccccc2C1. The molecule has 0 radical (unpaired) electrons. The van der Waals surface area contributed by atoms with Crippen molar-refractivity contribution in [1.82, 2.24) is 4.90 Å². The smallest absolute Gasteiger partial charge is 0.406 e. The molecular weight excluding hydrogens is 385 g/mol. The Morgan fingerprint density at radius 1 is 1.03 bits per heavy atom. The molecule has 2 aromatic rings. The minimum Gasteiger partial charge on any atom is -0.406 e. The fourth-order valence-corrected chi connectivity index (χ4v) is 3.92. The maximum atomic E-state index is 13.0. The first kappa shape index (κ1) is 19.3. The van der Waals surface area contributed by atoms with Gasteiger partial charge in [-0.15, -0.1) is 13.2 Å². The van der Waals surface area contributed by atoms with Gasteiger partial charge in [0.1, 0.15) is 11.7 Å². The summed E-state index contributed by atoms with van der Waals surface area (Å²) >= 11 is 0. The molecule has 0 bridgehead atoms. The Hall–Kier alpha value is -3.03. The first-order chi connectivity index (χ1) is 13.8. The fourth-order valence-electron chi connectivity index (χ4n) is 3.92. The highest BCUT2D eigenvalue weighted by molar-refractivity contribution is 6.09. The van der Waals surface area contributed by atoms with Crippen molar-refractivity contribution < 1.29 is 27.5 Å². The molecule has 2 aliphatic rings. The lowest BCUT2D eigenvalue weighted by atomic mass is 9.98. The zero-order chi connectivity index (χ0) is 20.6. The highest BCUT2D eigenvalue weighted by Crippen LogP contribution is 2.32. The van der Waals surface area contributed by atoms with E-state index in [1.54, 1.807) is 4.90 Å². The van der Waals surface area contributed by atoms with E-state index in [4.69, 9.17) is 0 Å². The molecule has 0 saturated carbocycles. The zero-order valence-corrected chi connectivity index (χ0v) is 15.5. The number of hydrogen-bond acceptors (Lipinski definition) is 3. The van der Waals surface area contributed by atoms with Crippen LogP contribution in [0.25, 0.3) is 0 Å². The number of fused-ring (bicyclic) bond motifs is 1. The van der Waals surface area contributed by atoms with E-state index < -0.39 is 23.9 Å². The number of ether oxygens (including phenoxy) is 1. The number of carbonyl (C=O) groups is 2. The molecule has 2 heterocycles.